The van der Waals surface area contributed by atoms with Crippen LogP contribution in [0.4, 0.5) is 0 Å². The lowest BCUT2D eigenvalue weighted by Gasteiger charge is -2.29. The van der Waals surface area contributed by atoms with Crippen molar-refractivity contribution in [2.24, 2.45) is 5.92 Å². The lowest BCUT2D eigenvalue weighted by atomic mass is 9.97. The molecular formula is C21H31NO3. The Balaban J connectivity index is 1.91. The van der Waals surface area contributed by atoms with E-state index in [-0.39, 0.29) is 17.8 Å². The zero-order chi connectivity index (χ0) is 18.4. The quantitative estimate of drug-likeness (QED) is 0.734. The van der Waals surface area contributed by atoms with Gasteiger partial charge in [-0.2, -0.15) is 0 Å². The van der Waals surface area contributed by atoms with Crippen LogP contribution in [-0.2, 0) is 20.7 Å². The maximum absolute atomic E-state index is 12.4. The minimum Gasteiger partial charge on any atom is -0.452 e. The van der Waals surface area contributed by atoms with E-state index in [9.17, 15) is 9.59 Å². The third kappa shape index (κ3) is 5.58. The Kier molecular flexibility index (Phi) is 7.03. The summed E-state index contributed by atoms with van der Waals surface area (Å²) in [6.45, 7) is 9.43. The van der Waals surface area contributed by atoms with Crippen molar-refractivity contribution in [2.75, 3.05) is 13.1 Å². The third-order valence-electron chi connectivity index (χ3n) is 4.79. The van der Waals surface area contributed by atoms with Crippen molar-refractivity contribution >= 4 is 11.9 Å². The molecule has 2 atom stereocenters. The fourth-order valence-electron chi connectivity index (χ4n) is 3.25. The van der Waals surface area contributed by atoms with E-state index in [2.05, 4.69) is 26.0 Å². The molecule has 1 aromatic rings. The lowest BCUT2D eigenvalue weighted by Crippen LogP contribution is -2.43. The molecule has 2 rings (SSSR count). The van der Waals surface area contributed by atoms with Gasteiger partial charge in [0, 0.05) is 13.1 Å². The normalized spacial score (nSPS) is 17.2. The second-order valence-corrected chi connectivity index (χ2v) is 7.53. The molecule has 1 amide bonds. The molecule has 0 spiro atoms. The van der Waals surface area contributed by atoms with Gasteiger partial charge in [-0.25, -0.2) is 0 Å². The molecular weight excluding hydrogens is 314 g/mol. The minimum absolute atomic E-state index is 0.0764. The number of esters is 1. The standard InChI is InChI=1S/C21H31NO3/c1-15(2)14-18-8-10-19(11-9-18)16(3)21(24)25-17(4)20(23)22-12-6-5-7-13-22/h8-11,15-17H,5-7,12-14H2,1-4H3/t16-,17-/m0/s1. The summed E-state index contributed by atoms with van der Waals surface area (Å²) >= 11 is 0. The predicted molar refractivity (Wildman–Crippen MR) is 99.4 cm³/mol. The van der Waals surface area contributed by atoms with Gasteiger partial charge < -0.3 is 9.64 Å². The van der Waals surface area contributed by atoms with E-state index >= 15 is 0 Å². The van der Waals surface area contributed by atoms with Crippen LogP contribution in [-0.4, -0.2) is 36.0 Å². The van der Waals surface area contributed by atoms with Crippen molar-refractivity contribution in [1.82, 2.24) is 4.90 Å². The molecule has 1 heterocycles. The smallest absolute Gasteiger partial charge is 0.313 e. The van der Waals surface area contributed by atoms with Gasteiger partial charge in [0.25, 0.3) is 5.91 Å². The second kappa shape index (κ2) is 9.02. The average Bonchev–Trinajstić information content (AvgIpc) is 2.61. The van der Waals surface area contributed by atoms with Crippen LogP contribution in [0.5, 0.6) is 0 Å². The first-order chi connectivity index (χ1) is 11.9. The summed E-state index contributed by atoms with van der Waals surface area (Å²) < 4.78 is 5.45. The molecule has 0 aliphatic carbocycles. The Labute approximate surface area is 151 Å². The molecule has 1 fully saturated rings. The molecule has 1 aromatic carbocycles. The topological polar surface area (TPSA) is 46.6 Å². The molecule has 0 bridgehead atoms. The molecule has 4 heteroatoms. The average molecular weight is 345 g/mol. The van der Waals surface area contributed by atoms with Crippen LogP contribution in [0.1, 0.15) is 64.0 Å². The maximum Gasteiger partial charge on any atom is 0.313 e. The van der Waals surface area contributed by atoms with Crippen molar-refractivity contribution < 1.29 is 14.3 Å². The molecule has 4 nitrogen and oxygen atoms in total. The summed E-state index contributed by atoms with van der Waals surface area (Å²) in [5, 5.41) is 0. The van der Waals surface area contributed by atoms with E-state index in [1.54, 1.807) is 6.92 Å². The van der Waals surface area contributed by atoms with Gasteiger partial charge >= 0.3 is 5.97 Å². The van der Waals surface area contributed by atoms with Gasteiger partial charge in [0.1, 0.15) is 0 Å². The van der Waals surface area contributed by atoms with Crippen LogP contribution in [0.25, 0.3) is 0 Å². The van der Waals surface area contributed by atoms with E-state index in [0.717, 1.165) is 37.9 Å². The highest BCUT2D eigenvalue weighted by Gasteiger charge is 2.27. The second-order valence-electron chi connectivity index (χ2n) is 7.53. The van der Waals surface area contributed by atoms with Crippen molar-refractivity contribution in [3.63, 3.8) is 0 Å². The van der Waals surface area contributed by atoms with E-state index in [4.69, 9.17) is 4.74 Å². The highest BCUT2D eigenvalue weighted by molar-refractivity contribution is 5.85. The molecule has 0 radical (unpaired) electrons. The summed E-state index contributed by atoms with van der Waals surface area (Å²) in [5.74, 6) is -0.179. The SMILES string of the molecule is CC(C)Cc1ccc([C@H](C)C(=O)O[C@@H](C)C(=O)N2CCCCC2)cc1. The number of likely N-dealkylation sites (tertiary alicyclic amines) is 1. The van der Waals surface area contributed by atoms with Gasteiger partial charge in [0.05, 0.1) is 5.92 Å². The molecule has 1 aliphatic heterocycles. The fraction of sp³-hybridized carbons (Fsp3) is 0.619. The largest absolute Gasteiger partial charge is 0.452 e. The number of hydrogen-bond donors (Lipinski definition) is 0. The fourth-order valence-corrected chi connectivity index (χ4v) is 3.25. The third-order valence-corrected chi connectivity index (χ3v) is 4.79. The van der Waals surface area contributed by atoms with Crippen molar-refractivity contribution in [3.8, 4) is 0 Å². The van der Waals surface area contributed by atoms with Gasteiger partial charge in [-0.1, -0.05) is 38.1 Å². The maximum atomic E-state index is 12.4. The summed E-state index contributed by atoms with van der Waals surface area (Å²) in [4.78, 5) is 26.6. The first-order valence-corrected chi connectivity index (χ1v) is 9.46. The van der Waals surface area contributed by atoms with E-state index in [1.807, 2.05) is 24.0 Å². The molecule has 0 aromatic heterocycles. The monoisotopic (exact) mass is 345 g/mol. The number of hydrogen-bond acceptors (Lipinski definition) is 3. The van der Waals surface area contributed by atoms with Gasteiger partial charge in [-0.3, -0.25) is 9.59 Å². The Bertz CT molecular complexity index is 573. The first-order valence-electron chi connectivity index (χ1n) is 9.46. The van der Waals surface area contributed by atoms with Crippen LogP contribution in [0, 0.1) is 5.92 Å². The number of benzene rings is 1. The summed E-state index contributed by atoms with van der Waals surface area (Å²) in [6.07, 6.45) is 3.55. The summed E-state index contributed by atoms with van der Waals surface area (Å²) in [5.41, 5.74) is 2.20. The number of carbonyl (C=O) groups is 2. The summed E-state index contributed by atoms with van der Waals surface area (Å²) in [6, 6.07) is 8.12. The molecule has 0 saturated carbocycles. The van der Waals surface area contributed by atoms with Crippen LogP contribution < -0.4 is 0 Å². The number of amides is 1. The van der Waals surface area contributed by atoms with Gasteiger partial charge in [0.15, 0.2) is 6.10 Å². The number of carbonyl (C=O) groups excluding carboxylic acids is 2. The van der Waals surface area contributed by atoms with Gasteiger partial charge in [-0.05, 0) is 56.6 Å². The number of rotatable bonds is 6. The Morgan fingerprint density at radius 2 is 1.60 bits per heavy atom. The lowest BCUT2D eigenvalue weighted by molar-refractivity contribution is -0.160. The molecule has 0 unspecified atom stereocenters. The molecule has 138 valence electrons. The van der Waals surface area contributed by atoms with Crippen molar-refractivity contribution in [2.45, 2.75) is 65.4 Å². The van der Waals surface area contributed by atoms with Crippen LogP contribution >= 0.6 is 0 Å². The minimum atomic E-state index is -0.715. The molecule has 1 saturated heterocycles. The number of nitrogens with zero attached hydrogens (tertiary/aromatic N) is 1. The molecule has 25 heavy (non-hydrogen) atoms. The van der Waals surface area contributed by atoms with E-state index < -0.39 is 6.10 Å². The Morgan fingerprint density at radius 3 is 2.16 bits per heavy atom. The number of ether oxygens (including phenoxy) is 1. The van der Waals surface area contributed by atoms with E-state index in [0.29, 0.717) is 5.92 Å². The van der Waals surface area contributed by atoms with E-state index in [1.165, 1.54) is 12.0 Å². The zero-order valence-corrected chi connectivity index (χ0v) is 16.0. The Hall–Kier alpha value is -1.84. The highest BCUT2D eigenvalue weighted by Crippen LogP contribution is 2.20. The first kappa shape index (κ1) is 19.5. The zero-order valence-electron chi connectivity index (χ0n) is 16.0. The van der Waals surface area contributed by atoms with Crippen LogP contribution in [0.15, 0.2) is 24.3 Å². The van der Waals surface area contributed by atoms with Gasteiger partial charge in [-0.15, -0.1) is 0 Å². The number of piperidine rings is 1. The highest BCUT2D eigenvalue weighted by atomic mass is 16.5. The molecule has 1 aliphatic rings. The predicted octanol–water partition coefficient (Wildman–Crippen LogP) is 3.93. The van der Waals surface area contributed by atoms with Crippen molar-refractivity contribution in [1.29, 1.82) is 0 Å². The Morgan fingerprint density at radius 1 is 1.00 bits per heavy atom. The summed E-state index contributed by atoms with van der Waals surface area (Å²) in [7, 11) is 0. The van der Waals surface area contributed by atoms with Crippen molar-refractivity contribution in [3.05, 3.63) is 35.4 Å². The van der Waals surface area contributed by atoms with Gasteiger partial charge in [0.2, 0.25) is 0 Å². The van der Waals surface area contributed by atoms with Crippen LogP contribution in [0.2, 0.25) is 0 Å². The molecule has 0 N–H and O–H groups in total. The van der Waals surface area contributed by atoms with Crippen LogP contribution in [0.3, 0.4) is 0 Å².